The standard InChI is InChI=1S/C39H53N5O5/c1-26(2)21-32(41)36(47)44(37(48)33(24-29-19-13-8-14-20-29)42-38(49)43-39(3,4)5)35(46)30(22-27-15-9-6-10-16-27)25-34(45)31(40)23-28-17-11-7-12-18-28/h6-20,26,30-34,45H,21-25,40-41H2,1-5H3,(H2,42,43,49)/t30-,31+,32?,33?,34+/m1/s1. The molecule has 0 bridgehead atoms. The van der Waals surface area contributed by atoms with Gasteiger partial charge in [0.15, 0.2) is 0 Å². The third-order valence-electron chi connectivity index (χ3n) is 8.09. The molecule has 10 heteroatoms. The molecule has 0 radical (unpaired) electrons. The van der Waals surface area contributed by atoms with Gasteiger partial charge in [0.05, 0.1) is 12.1 Å². The minimum Gasteiger partial charge on any atom is -0.391 e. The first-order chi connectivity index (χ1) is 23.1. The van der Waals surface area contributed by atoms with Gasteiger partial charge in [-0.2, -0.15) is 0 Å². The highest BCUT2D eigenvalue weighted by Crippen LogP contribution is 2.22. The number of imide groups is 3. The first kappa shape index (κ1) is 39.1. The van der Waals surface area contributed by atoms with Crippen molar-refractivity contribution >= 4 is 23.8 Å². The van der Waals surface area contributed by atoms with Crippen molar-refractivity contribution < 1.29 is 24.3 Å². The van der Waals surface area contributed by atoms with Crippen LogP contribution in [0.1, 0.15) is 64.2 Å². The average molecular weight is 672 g/mol. The largest absolute Gasteiger partial charge is 0.391 e. The highest BCUT2D eigenvalue weighted by molar-refractivity contribution is 6.14. The van der Waals surface area contributed by atoms with E-state index >= 15 is 0 Å². The molecule has 3 rings (SSSR count). The van der Waals surface area contributed by atoms with Gasteiger partial charge in [-0.05, 0) is 69.1 Å². The monoisotopic (exact) mass is 671 g/mol. The smallest absolute Gasteiger partial charge is 0.315 e. The Morgan fingerprint density at radius 2 is 1.16 bits per heavy atom. The fourth-order valence-corrected chi connectivity index (χ4v) is 5.68. The lowest BCUT2D eigenvalue weighted by Gasteiger charge is -2.32. The molecule has 0 aliphatic carbocycles. The summed E-state index contributed by atoms with van der Waals surface area (Å²) in [6.45, 7) is 9.17. The van der Waals surface area contributed by atoms with Crippen LogP contribution in [0.3, 0.4) is 0 Å². The van der Waals surface area contributed by atoms with Crippen molar-refractivity contribution in [2.24, 2.45) is 23.3 Å². The highest BCUT2D eigenvalue weighted by Gasteiger charge is 2.41. The van der Waals surface area contributed by atoms with Gasteiger partial charge in [-0.15, -0.1) is 0 Å². The summed E-state index contributed by atoms with van der Waals surface area (Å²) in [7, 11) is 0. The van der Waals surface area contributed by atoms with Crippen molar-refractivity contribution in [3.8, 4) is 0 Å². The van der Waals surface area contributed by atoms with Crippen LogP contribution in [0, 0.1) is 11.8 Å². The Labute approximate surface area is 290 Å². The molecular weight excluding hydrogens is 618 g/mol. The second-order valence-corrected chi connectivity index (χ2v) is 14.2. The second-order valence-electron chi connectivity index (χ2n) is 14.2. The maximum Gasteiger partial charge on any atom is 0.315 e. The number of benzene rings is 3. The van der Waals surface area contributed by atoms with Gasteiger partial charge in [-0.25, -0.2) is 9.69 Å². The van der Waals surface area contributed by atoms with Crippen LogP contribution in [0.4, 0.5) is 4.79 Å². The van der Waals surface area contributed by atoms with Gasteiger partial charge in [0.2, 0.25) is 5.91 Å². The number of aliphatic hydroxyl groups excluding tert-OH is 1. The van der Waals surface area contributed by atoms with Crippen LogP contribution in [-0.4, -0.2) is 63.5 Å². The van der Waals surface area contributed by atoms with Gasteiger partial charge in [0.1, 0.15) is 6.04 Å². The number of hydrogen-bond acceptors (Lipinski definition) is 7. The third kappa shape index (κ3) is 12.9. The van der Waals surface area contributed by atoms with Crippen molar-refractivity contribution in [2.75, 3.05) is 0 Å². The van der Waals surface area contributed by atoms with E-state index in [1.165, 1.54) is 0 Å². The lowest BCUT2D eigenvalue weighted by atomic mass is 9.88. The van der Waals surface area contributed by atoms with E-state index in [0.717, 1.165) is 11.1 Å². The summed E-state index contributed by atoms with van der Waals surface area (Å²) >= 11 is 0. The summed E-state index contributed by atoms with van der Waals surface area (Å²) in [5.41, 5.74) is 14.6. The number of nitrogens with two attached hydrogens (primary N) is 2. The molecule has 0 heterocycles. The fourth-order valence-electron chi connectivity index (χ4n) is 5.68. The number of nitrogens with zero attached hydrogens (tertiary/aromatic N) is 1. The van der Waals surface area contributed by atoms with Gasteiger partial charge in [0, 0.05) is 23.9 Å². The number of urea groups is 1. The van der Waals surface area contributed by atoms with Gasteiger partial charge >= 0.3 is 6.03 Å². The van der Waals surface area contributed by atoms with Crippen molar-refractivity contribution in [3.63, 3.8) is 0 Å². The molecule has 5 amide bonds. The van der Waals surface area contributed by atoms with Crippen molar-refractivity contribution in [2.45, 2.75) is 96.5 Å². The number of carbonyl (C=O) groups is 4. The molecule has 10 nitrogen and oxygen atoms in total. The molecule has 7 N–H and O–H groups in total. The summed E-state index contributed by atoms with van der Waals surface area (Å²) in [5, 5.41) is 16.8. The Bertz CT molecular complexity index is 1490. The SMILES string of the molecule is CC(C)CC(N)C(=O)N(C(=O)C(Cc1ccccc1)NC(=O)NC(C)(C)C)C(=O)[C@H](Cc1ccccc1)C[C@H](O)[C@@H](N)Cc1ccccc1. The topological polar surface area (TPSA) is 168 Å². The predicted octanol–water partition coefficient (Wildman–Crippen LogP) is 4.13. The van der Waals surface area contributed by atoms with Crippen LogP contribution in [0.5, 0.6) is 0 Å². The van der Waals surface area contributed by atoms with Gasteiger partial charge < -0.3 is 27.2 Å². The van der Waals surface area contributed by atoms with Gasteiger partial charge in [0.25, 0.3) is 11.8 Å². The minimum atomic E-state index is -1.29. The van der Waals surface area contributed by atoms with Crippen LogP contribution in [0.25, 0.3) is 0 Å². The first-order valence-corrected chi connectivity index (χ1v) is 17.0. The van der Waals surface area contributed by atoms with Crippen molar-refractivity contribution in [1.82, 2.24) is 15.5 Å². The molecule has 49 heavy (non-hydrogen) atoms. The summed E-state index contributed by atoms with van der Waals surface area (Å²) in [6, 6.07) is 23.9. The van der Waals surface area contributed by atoms with Crippen LogP contribution in [0.15, 0.2) is 91.0 Å². The quantitative estimate of drug-likeness (QED) is 0.162. The zero-order chi connectivity index (χ0) is 36.1. The van der Waals surface area contributed by atoms with E-state index in [1.807, 2.05) is 80.6 Å². The molecule has 0 aliphatic heterocycles. The molecule has 3 aromatic rings. The Balaban J connectivity index is 2.04. The molecule has 5 atom stereocenters. The molecule has 0 aromatic heterocycles. The molecule has 0 fully saturated rings. The van der Waals surface area contributed by atoms with Crippen molar-refractivity contribution in [3.05, 3.63) is 108 Å². The molecule has 264 valence electrons. The normalized spacial score (nSPS) is 14.6. The number of rotatable bonds is 15. The van der Waals surface area contributed by atoms with Gasteiger partial charge in [-0.3, -0.25) is 14.4 Å². The maximum absolute atomic E-state index is 14.7. The third-order valence-corrected chi connectivity index (χ3v) is 8.09. The molecule has 0 spiro atoms. The number of carbonyl (C=O) groups excluding carboxylic acids is 4. The summed E-state index contributed by atoms with van der Waals surface area (Å²) < 4.78 is 0. The van der Waals surface area contributed by atoms with Crippen LogP contribution < -0.4 is 22.1 Å². The average Bonchev–Trinajstić information content (AvgIpc) is 3.04. The van der Waals surface area contributed by atoms with Gasteiger partial charge in [-0.1, -0.05) is 105 Å². The zero-order valence-electron chi connectivity index (χ0n) is 29.3. The molecular formula is C39H53N5O5. The Kier molecular flexibility index (Phi) is 14.7. The lowest BCUT2D eigenvalue weighted by molar-refractivity contribution is -0.158. The summed E-state index contributed by atoms with van der Waals surface area (Å²) in [6.07, 6.45) is -0.509. The van der Waals surface area contributed by atoms with Crippen LogP contribution >= 0.6 is 0 Å². The Morgan fingerprint density at radius 1 is 0.694 bits per heavy atom. The summed E-state index contributed by atoms with van der Waals surface area (Å²) in [5.74, 6) is -3.58. The van der Waals surface area contributed by atoms with E-state index in [9.17, 15) is 24.3 Å². The molecule has 0 saturated heterocycles. The number of hydrogen-bond donors (Lipinski definition) is 5. The Morgan fingerprint density at radius 3 is 1.63 bits per heavy atom. The van der Waals surface area contributed by atoms with Crippen molar-refractivity contribution in [1.29, 1.82) is 0 Å². The molecule has 3 aromatic carbocycles. The fraction of sp³-hybridized carbons (Fsp3) is 0.436. The second kappa shape index (κ2) is 18.4. The van der Waals surface area contributed by atoms with E-state index in [0.29, 0.717) is 16.9 Å². The maximum atomic E-state index is 14.7. The number of nitrogens with one attached hydrogen (secondary N) is 2. The molecule has 0 aliphatic rings. The Hall–Kier alpha value is -4.38. The predicted molar refractivity (Wildman–Crippen MR) is 192 cm³/mol. The molecule has 2 unspecified atom stereocenters. The van der Waals surface area contributed by atoms with E-state index < -0.39 is 59.4 Å². The molecule has 0 saturated carbocycles. The number of amides is 5. The minimum absolute atomic E-state index is 0.000249. The van der Waals surface area contributed by atoms with E-state index in [1.54, 1.807) is 45.0 Å². The van der Waals surface area contributed by atoms with Crippen LogP contribution in [0.2, 0.25) is 0 Å². The van der Waals surface area contributed by atoms with Crippen LogP contribution in [-0.2, 0) is 33.6 Å². The zero-order valence-corrected chi connectivity index (χ0v) is 29.3. The first-order valence-electron chi connectivity index (χ1n) is 17.0. The lowest BCUT2D eigenvalue weighted by Crippen LogP contribution is -2.60. The van der Waals surface area contributed by atoms with E-state index in [-0.39, 0.29) is 31.6 Å². The highest BCUT2D eigenvalue weighted by atomic mass is 16.3. The van der Waals surface area contributed by atoms with E-state index in [2.05, 4.69) is 10.6 Å². The van der Waals surface area contributed by atoms with E-state index in [4.69, 9.17) is 11.5 Å². The summed E-state index contributed by atoms with van der Waals surface area (Å²) in [4.78, 5) is 57.0. The number of aliphatic hydroxyl groups is 1.